The fourth-order valence-corrected chi connectivity index (χ4v) is 3.92. The summed E-state index contributed by atoms with van der Waals surface area (Å²) in [5.74, 6) is 0. The van der Waals surface area contributed by atoms with Crippen LogP contribution in [0.2, 0.25) is 0 Å². The van der Waals surface area contributed by atoms with Gasteiger partial charge in [0.05, 0.1) is 0 Å². The maximum atomic E-state index is 4.67. The Morgan fingerprint density at radius 3 is 2.31 bits per heavy atom. The zero-order valence-corrected chi connectivity index (χ0v) is 12.4. The second-order valence-corrected chi connectivity index (χ2v) is 6.67. The maximum absolute atomic E-state index is 4.67. The number of aliphatic imine (C=N–C) groups is 1. The van der Waals surface area contributed by atoms with E-state index < -0.39 is 0 Å². The molecule has 0 spiro atoms. The zero-order chi connectivity index (χ0) is 12.1. The third kappa shape index (κ3) is 4.53. The number of nitrogens with zero attached hydrogens (tertiary/aromatic N) is 4. The van der Waals surface area contributed by atoms with Gasteiger partial charge in [-0.1, -0.05) is 0 Å². The van der Waals surface area contributed by atoms with Crippen LogP contribution in [-0.4, -0.2) is 73.7 Å². The molecule has 0 saturated heterocycles. The Bertz CT molecular complexity index is 243. The maximum Gasteiger partial charge on any atom is 0.172 e. The third-order valence-corrected chi connectivity index (χ3v) is 4.91. The van der Waals surface area contributed by atoms with Gasteiger partial charge in [0.1, 0.15) is 0 Å². The second kappa shape index (κ2) is 6.74. The minimum absolute atomic E-state index is 0.282. The molecule has 0 N–H and O–H groups in total. The van der Waals surface area contributed by atoms with Crippen LogP contribution in [0.25, 0.3) is 0 Å². The summed E-state index contributed by atoms with van der Waals surface area (Å²) in [7, 11) is 14.1. The van der Waals surface area contributed by atoms with E-state index in [0.29, 0.717) is 0 Å². The highest BCUT2D eigenvalue weighted by molar-refractivity contribution is 8.82. The lowest BCUT2D eigenvalue weighted by Gasteiger charge is -2.21. The minimum Gasteiger partial charge on any atom is -0.357 e. The van der Waals surface area contributed by atoms with E-state index in [1.54, 1.807) is 10.8 Å². The summed E-state index contributed by atoms with van der Waals surface area (Å²) in [4.78, 5) is 11.3. The summed E-state index contributed by atoms with van der Waals surface area (Å²) in [6.07, 6.45) is 1.19. The molecule has 94 valence electrons. The lowest BCUT2D eigenvalue weighted by atomic mass is 10.4. The second-order valence-electron chi connectivity index (χ2n) is 4.45. The molecule has 1 rings (SSSR count). The summed E-state index contributed by atoms with van der Waals surface area (Å²) < 4.78 is 0. The van der Waals surface area contributed by atoms with Gasteiger partial charge in [-0.2, -0.15) is 0 Å². The van der Waals surface area contributed by atoms with Crippen molar-refractivity contribution < 1.29 is 0 Å². The number of hydrogen-bond donors (Lipinski definition) is 0. The molecule has 0 fully saturated rings. The first-order valence-corrected chi connectivity index (χ1v) is 7.65. The Labute approximate surface area is 107 Å². The Morgan fingerprint density at radius 1 is 1.12 bits per heavy atom. The van der Waals surface area contributed by atoms with E-state index in [1.807, 2.05) is 24.9 Å². The van der Waals surface area contributed by atoms with Crippen molar-refractivity contribution in [2.24, 2.45) is 4.99 Å². The Balaban J connectivity index is 2.30. The van der Waals surface area contributed by atoms with Gasteiger partial charge < -0.3 is 9.80 Å². The lowest BCUT2D eigenvalue weighted by Crippen LogP contribution is -2.29. The highest BCUT2D eigenvalue weighted by atomic mass is 33.1. The van der Waals surface area contributed by atoms with E-state index in [-0.39, 0.29) is 5.50 Å². The van der Waals surface area contributed by atoms with Gasteiger partial charge in [0.15, 0.2) is 10.7 Å². The highest BCUT2D eigenvalue weighted by Gasteiger charge is 2.23. The molecule has 16 heavy (non-hydrogen) atoms. The average molecular weight is 262 g/mol. The number of hydrogen-bond acceptors (Lipinski definition) is 6. The van der Waals surface area contributed by atoms with Crippen LogP contribution in [0.3, 0.4) is 0 Å². The summed E-state index contributed by atoms with van der Waals surface area (Å²) in [6, 6.07) is 0. The van der Waals surface area contributed by atoms with Gasteiger partial charge in [0.2, 0.25) is 0 Å². The molecule has 0 saturated carbocycles. The van der Waals surface area contributed by atoms with Crippen LogP contribution >= 0.6 is 21.6 Å². The first-order chi connectivity index (χ1) is 7.50. The molecule has 0 aliphatic carbocycles. The van der Waals surface area contributed by atoms with Crippen molar-refractivity contribution in [3.05, 3.63) is 0 Å². The van der Waals surface area contributed by atoms with Crippen LogP contribution in [0.4, 0.5) is 0 Å². The Morgan fingerprint density at radius 2 is 1.81 bits per heavy atom. The number of rotatable bonds is 5. The molecule has 6 heteroatoms. The molecule has 1 atom stereocenters. The minimum atomic E-state index is 0.282. The van der Waals surface area contributed by atoms with Gasteiger partial charge in [0.25, 0.3) is 0 Å². The normalized spacial score (nSPS) is 20.7. The fraction of sp³-hybridized carbons (Fsp3) is 0.900. The van der Waals surface area contributed by atoms with Crippen molar-refractivity contribution in [1.29, 1.82) is 0 Å². The zero-order valence-electron chi connectivity index (χ0n) is 10.8. The van der Waals surface area contributed by atoms with Gasteiger partial charge in [0, 0.05) is 20.6 Å². The quantitative estimate of drug-likeness (QED) is 0.698. The molecule has 0 bridgehead atoms. The largest absolute Gasteiger partial charge is 0.357 e. The Kier molecular flexibility index (Phi) is 5.96. The van der Waals surface area contributed by atoms with Crippen LogP contribution in [0.1, 0.15) is 6.42 Å². The molecule has 0 aromatic carbocycles. The van der Waals surface area contributed by atoms with Crippen molar-refractivity contribution in [1.82, 2.24) is 14.7 Å². The van der Waals surface area contributed by atoms with Crippen LogP contribution in [0.5, 0.6) is 0 Å². The first kappa shape index (κ1) is 14.2. The smallest absolute Gasteiger partial charge is 0.172 e. The molecule has 1 unspecified atom stereocenters. The summed E-state index contributed by atoms with van der Waals surface area (Å²) in [5, 5.41) is 1.12. The molecule has 1 heterocycles. The molecular formula is C10H22N4S2. The number of amidine groups is 1. The van der Waals surface area contributed by atoms with Gasteiger partial charge in [-0.15, -0.1) is 0 Å². The lowest BCUT2D eigenvalue weighted by molar-refractivity contribution is 0.291. The van der Waals surface area contributed by atoms with Crippen molar-refractivity contribution in [2.45, 2.75) is 11.9 Å². The fourth-order valence-electron chi connectivity index (χ4n) is 1.33. The molecular weight excluding hydrogens is 240 g/mol. The van der Waals surface area contributed by atoms with E-state index in [4.69, 9.17) is 0 Å². The highest BCUT2D eigenvalue weighted by Crippen LogP contribution is 2.37. The average Bonchev–Trinajstić information content (AvgIpc) is 2.65. The molecule has 0 aromatic rings. The van der Waals surface area contributed by atoms with Gasteiger partial charge in [-0.25, -0.2) is 4.99 Å². The van der Waals surface area contributed by atoms with Crippen molar-refractivity contribution in [3.8, 4) is 0 Å². The standard InChI is InChI=1S/C10H22N4S2/c1-12(2)7-6-8-14(5)10-11-9(13(3)4)15-16-10/h10H,6-8H2,1-5H3. The monoisotopic (exact) mass is 262 g/mol. The van der Waals surface area contributed by atoms with E-state index in [2.05, 4.69) is 40.8 Å². The van der Waals surface area contributed by atoms with Crippen LogP contribution in [-0.2, 0) is 0 Å². The van der Waals surface area contributed by atoms with E-state index in [0.717, 1.165) is 18.3 Å². The predicted molar refractivity (Wildman–Crippen MR) is 75.9 cm³/mol. The van der Waals surface area contributed by atoms with E-state index in [1.165, 1.54) is 6.42 Å². The summed E-state index contributed by atoms with van der Waals surface area (Å²) >= 11 is 0. The summed E-state index contributed by atoms with van der Waals surface area (Å²) in [5.41, 5.74) is 0.282. The van der Waals surface area contributed by atoms with Crippen molar-refractivity contribution in [2.75, 3.05) is 48.3 Å². The molecule has 0 radical (unpaired) electrons. The van der Waals surface area contributed by atoms with E-state index >= 15 is 0 Å². The molecule has 0 amide bonds. The molecule has 1 aliphatic rings. The van der Waals surface area contributed by atoms with Gasteiger partial charge in [-0.3, -0.25) is 4.90 Å². The SMILES string of the molecule is CN(C)CCCN(C)C1N=C(N(C)C)SS1. The van der Waals surface area contributed by atoms with E-state index in [9.17, 15) is 0 Å². The third-order valence-electron chi connectivity index (χ3n) is 2.31. The van der Waals surface area contributed by atoms with Crippen molar-refractivity contribution in [3.63, 3.8) is 0 Å². The van der Waals surface area contributed by atoms with Gasteiger partial charge in [-0.05, 0) is 55.7 Å². The van der Waals surface area contributed by atoms with Crippen molar-refractivity contribution >= 4 is 26.8 Å². The first-order valence-electron chi connectivity index (χ1n) is 5.44. The molecule has 1 aliphatic heterocycles. The van der Waals surface area contributed by atoms with Crippen LogP contribution in [0, 0.1) is 0 Å². The van der Waals surface area contributed by atoms with Gasteiger partial charge >= 0.3 is 0 Å². The Hall–Kier alpha value is 0.0900. The molecule has 4 nitrogen and oxygen atoms in total. The van der Waals surface area contributed by atoms with Crippen LogP contribution in [0.15, 0.2) is 4.99 Å². The molecule has 0 aromatic heterocycles. The summed E-state index contributed by atoms with van der Waals surface area (Å²) in [6.45, 7) is 2.24. The van der Waals surface area contributed by atoms with Crippen LogP contribution < -0.4 is 0 Å². The topological polar surface area (TPSA) is 22.1 Å². The predicted octanol–water partition coefficient (Wildman–Crippen LogP) is 1.47.